The minimum Gasteiger partial charge on any atom is -0.293 e. The van der Waals surface area contributed by atoms with Gasteiger partial charge in [-0.05, 0) is 30.2 Å². The highest BCUT2D eigenvalue weighted by Gasteiger charge is 2.34. The van der Waals surface area contributed by atoms with Crippen molar-refractivity contribution in [3.8, 4) is 10.6 Å². The van der Waals surface area contributed by atoms with Gasteiger partial charge in [-0.2, -0.15) is 0 Å². The number of nitrogens with zero attached hydrogens (tertiary/aromatic N) is 1. The van der Waals surface area contributed by atoms with Gasteiger partial charge in [-0.15, -0.1) is 23.1 Å². The van der Waals surface area contributed by atoms with Crippen LogP contribution in [0, 0.1) is 11.2 Å². The maximum Gasteiger partial charge on any atom is 0.175 e. The largest absolute Gasteiger partial charge is 0.293 e. The van der Waals surface area contributed by atoms with Crippen molar-refractivity contribution >= 4 is 28.9 Å². The van der Waals surface area contributed by atoms with Crippen molar-refractivity contribution < 1.29 is 9.18 Å². The fourth-order valence-electron chi connectivity index (χ4n) is 2.71. The molecule has 21 heavy (non-hydrogen) atoms. The summed E-state index contributed by atoms with van der Waals surface area (Å²) in [5.41, 5.74) is 1.29. The molecule has 0 atom stereocenters. The van der Waals surface area contributed by atoms with Crippen LogP contribution < -0.4 is 0 Å². The van der Waals surface area contributed by atoms with Crippen molar-refractivity contribution in [3.63, 3.8) is 0 Å². The number of thioether (sulfide) groups is 1. The molecule has 0 fully saturated rings. The number of carbonyl (C=O) groups is 1. The number of halogens is 1. The summed E-state index contributed by atoms with van der Waals surface area (Å²) in [6.45, 7) is 4.15. The molecule has 1 heterocycles. The Morgan fingerprint density at radius 2 is 2.10 bits per heavy atom. The van der Waals surface area contributed by atoms with Crippen molar-refractivity contribution in [1.29, 1.82) is 0 Å². The molecule has 0 aliphatic heterocycles. The number of carbonyl (C=O) groups excluding carboxylic acids is 1. The molecule has 0 radical (unpaired) electrons. The Morgan fingerprint density at radius 3 is 2.81 bits per heavy atom. The van der Waals surface area contributed by atoms with Gasteiger partial charge in [-0.3, -0.25) is 4.79 Å². The van der Waals surface area contributed by atoms with E-state index in [1.54, 1.807) is 6.07 Å². The van der Waals surface area contributed by atoms with E-state index in [2.05, 4.69) is 18.8 Å². The smallest absolute Gasteiger partial charge is 0.175 e. The van der Waals surface area contributed by atoms with Gasteiger partial charge in [0.15, 0.2) is 5.78 Å². The number of aromatic nitrogens is 1. The third-order valence-electron chi connectivity index (χ3n) is 3.64. The Hall–Kier alpha value is -1.20. The highest BCUT2D eigenvalue weighted by atomic mass is 32.2. The summed E-state index contributed by atoms with van der Waals surface area (Å²) in [5.74, 6) is -0.147. The van der Waals surface area contributed by atoms with E-state index >= 15 is 0 Å². The van der Waals surface area contributed by atoms with E-state index in [1.807, 2.05) is 12.3 Å². The van der Waals surface area contributed by atoms with Crippen LogP contribution in [0.25, 0.3) is 10.6 Å². The lowest BCUT2D eigenvalue weighted by Crippen LogP contribution is -2.25. The second kappa shape index (κ2) is 5.21. The fourth-order valence-corrected chi connectivity index (χ4v) is 4.47. The predicted octanol–water partition coefficient (Wildman–Crippen LogP) is 4.83. The number of fused-ring (bicyclic) bond motifs is 1. The van der Waals surface area contributed by atoms with Crippen LogP contribution in [0.3, 0.4) is 0 Å². The lowest BCUT2D eigenvalue weighted by molar-refractivity contribution is 0.0916. The quantitative estimate of drug-likeness (QED) is 0.742. The normalized spacial score (nSPS) is 16.9. The molecule has 0 spiro atoms. The molecule has 1 aliphatic carbocycles. The number of rotatable bonds is 2. The summed E-state index contributed by atoms with van der Waals surface area (Å²) < 4.78 is 14.2. The minimum atomic E-state index is -0.278. The third kappa shape index (κ3) is 2.64. The number of ketones is 1. The van der Waals surface area contributed by atoms with Crippen LogP contribution in [0.5, 0.6) is 0 Å². The zero-order valence-corrected chi connectivity index (χ0v) is 13.8. The van der Waals surface area contributed by atoms with Gasteiger partial charge in [0.25, 0.3) is 0 Å². The van der Waals surface area contributed by atoms with E-state index in [9.17, 15) is 9.18 Å². The first kappa shape index (κ1) is 14.7. The molecule has 1 aromatic heterocycles. The van der Waals surface area contributed by atoms with E-state index in [-0.39, 0.29) is 17.0 Å². The highest BCUT2D eigenvalue weighted by molar-refractivity contribution is 7.98. The topological polar surface area (TPSA) is 30.0 Å². The van der Waals surface area contributed by atoms with Gasteiger partial charge in [-0.25, -0.2) is 9.37 Å². The minimum absolute atomic E-state index is 0.0625. The average Bonchev–Trinajstić information content (AvgIpc) is 2.80. The van der Waals surface area contributed by atoms with Crippen LogP contribution >= 0.6 is 23.1 Å². The summed E-state index contributed by atoms with van der Waals surface area (Å²) in [7, 11) is 0. The Kier molecular flexibility index (Phi) is 3.66. The van der Waals surface area contributed by atoms with E-state index < -0.39 is 0 Å². The van der Waals surface area contributed by atoms with Crippen LogP contribution in [-0.4, -0.2) is 17.0 Å². The molecule has 2 nitrogen and oxygen atoms in total. The fraction of sp³-hybridized carbons (Fsp3) is 0.375. The number of benzene rings is 1. The lowest BCUT2D eigenvalue weighted by atomic mass is 9.78. The molecule has 0 amide bonds. The molecular weight excluding hydrogens is 305 g/mol. The van der Waals surface area contributed by atoms with E-state index in [0.29, 0.717) is 21.9 Å². The molecule has 0 bridgehead atoms. The van der Waals surface area contributed by atoms with Gasteiger partial charge in [-0.1, -0.05) is 19.9 Å². The molecule has 1 aromatic carbocycles. The number of hydrogen-bond donors (Lipinski definition) is 0. The van der Waals surface area contributed by atoms with Crippen LogP contribution in [0.4, 0.5) is 4.39 Å². The molecule has 3 rings (SSSR count). The van der Waals surface area contributed by atoms with Crippen LogP contribution in [0.15, 0.2) is 23.1 Å². The lowest BCUT2D eigenvalue weighted by Gasteiger charge is -2.26. The van der Waals surface area contributed by atoms with Gasteiger partial charge in [0, 0.05) is 11.3 Å². The monoisotopic (exact) mass is 321 g/mol. The molecule has 110 valence electrons. The first-order valence-electron chi connectivity index (χ1n) is 6.77. The number of hydrogen-bond acceptors (Lipinski definition) is 4. The van der Waals surface area contributed by atoms with Crippen molar-refractivity contribution in [2.24, 2.45) is 5.41 Å². The maximum absolute atomic E-state index is 14.2. The standard InChI is InChI=1S/C16H16FNOS2/c1-16(2)7-10-14(11(19)8-16)21-15(18-10)13-9(17)5-4-6-12(13)20-3/h4-6H,7-8H2,1-3H3. The van der Waals surface area contributed by atoms with Crippen molar-refractivity contribution in [1.82, 2.24) is 4.98 Å². The molecule has 0 unspecified atom stereocenters. The number of Topliss-reactive ketones (excluding diaryl/α,β-unsaturated/α-hetero) is 1. The summed E-state index contributed by atoms with van der Waals surface area (Å²) in [5, 5.41) is 0.619. The summed E-state index contributed by atoms with van der Waals surface area (Å²) in [6.07, 6.45) is 3.22. The number of thiazole rings is 1. The Morgan fingerprint density at radius 1 is 1.33 bits per heavy atom. The second-order valence-electron chi connectivity index (χ2n) is 6.05. The molecular formula is C16H16FNOS2. The predicted molar refractivity (Wildman–Crippen MR) is 85.7 cm³/mol. The zero-order chi connectivity index (χ0) is 15.2. The molecule has 0 N–H and O–H groups in total. The van der Waals surface area contributed by atoms with E-state index in [1.165, 1.54) is 29.2 Å². The van der Waals surface area contributed by atoms with Gasteiger partial charge < -0.3 is 0 Å². The molecule has 5 heteroatoms. The summed E-state index contributed by atoms with van der Waals surface area (Å²) in [4.78, 5) is 18.4. The van der Waals surface area contributed by atoms with Crippen LogP contribution in [-0.2, 0) is 6.42 Å². The van der Waals surface area contributed by atoms with Gasteiger partial charge >= 0.3 is 0 Å². The summed E-state index contributed by atoms with van der Waals surface area (Å²) in [6, 6.07) is 5.03. The Bertz CT molecular complexity index is 721. The molecule has 2 aromatic rings. The van der Waals surface area contributed by atoms with Crippen molar-refractivity contribution in [2.75, 3.05) is 6.26 Å². The molecule has 1 aliphatic rings. The third-order valence-corrected chi connectivity index (χ3v) is 5.58. The first-order valence-corrected chi connectivity index (χ1v) is 8.81. The van der Waals surface area contributed by atoms with Crippen LogP contribution in [0.1, 0.15) is 35.6 Å². The van der Waals surface area contributed by atoms with Crippen molar-refractivity contribution in [3.05, 3.63) is 34.6 Å². The Labute approximate surface area is 131 Å². The molecule has 0 saturated carbocycles. The highest BCUT2D eigenvalue weighted by Crippen LogP contribution is 2.41. The van der Waals surface area contributed by atoms with E-state index in [0.717, 1.165) is 17.0 Å². The van der Waals surface area contributed by atoms with Crippen molar-refractivity contribution in [2.45, 2.75) is 31.6 Å². The van der Waals surface area contributed by atoms with E-state index in [4.69, 9.17) is 0 Å². The molecule has 0 saturated heterocycles. The first-order chi connectivity index (χ1) is 9.91. The summed E-state index contributed by atoms with van der Waals surface area (Å²) >= 11 is 2.82. The SMILES string of the molecule is CSc1cccc(F)c1-c1nc2c(s1)C(=O)CC(C)(C)C2. The Balaban J connectivity index is 2.13. The van der Waals surface area contributed by atoms with Crippen LogP contribution in [0.2, 0.25) is 0 Å². The average molecular weight is 321 g/mol. The second-order valence-corrected chi connectivity index (χ2v) is 7.90. The van der Waals surface area contributed by atoms with Gasteiger partial charge in [0.05, 0.1) is 16.1 Å². The van der Waals surface area contributed by atoms with Gasteiger partial charge in [0.1, 0.15) is 10.8 Å². The zero-order valence-electron chi connectivity index (χ0n) is 12.2. The maximum atomic E-state index is 14.2. The van der Waals surface area contributed by atoms with Gasteiger partial charge in [0.2, 0.25) is 0 Å².